The quantitative estimate of drug-likeness (QED) is 0.824. The monoisotopic (exact) mass is 248 g/mol. The van der Waals surface area contributed by atoms with Gasteiger partial charge in [-0.25, -0.2) is 0 Å². The SMILES string of the molecule is O=C(CN1CCCC1)Nc1ccc(CCO)cc1. The van der Waals surface area contributed by atoms with Crippen molar-refractivity contribution < 1.29 is 9.90 Å². The Hall–Kier alpha value is -1.39. The third-order valence-corrected chi connectivity index (χ3v) is 3.20. The molecule has 0 bridgehead atoms. The summed E-state index contributed by atoms with van der Waals surface area (Å²) in [5, 5.41) is 11.7. The lowest BCUT2D eigenvalue weighted by Gasteiger charge is -2.14. The second-order valence-corrected chi connectivity index (χ2v) is 4.70. The van der Waals surface area contributed by atoms with Crippen LogP contribution in [0.1, 0.15) is 18.4 Å². The van der Waals surface area contributed by atoms with Crippen molar-refractivity contribution in [3.05, 3.63) is 29.8 Å². The Labute approximate surface area is 108 Å². The number of anilines is 1. The summed E-state index contributed by atoms with van der Waals surface area (Å²) in [6.45, 7) is 2.70. The highest BCUT2D eigenvalue weighted by Gasteiger charge is 2.14. The van der Waals surface area contributed by atoms with E-state index in [1.165, 1.54) is 12.8 Å². The van der Waals surface area contributed by atoms with Gasteiger partial charge >= 0.3 is 0 Å². The Bertz CT molecular complexity index is 383. The van der Waals surface area contributed by atoms with Crippen LogP contribution in [0.4, 0.5) is 5.69 Å². The first-order chi connectivity index (χ1) is 8.78. The summed E-state index contributed by atoms with van der Waals surface area (Å²) < 4.78 is 0. The molecule has 2 N–H and O–H groups in total. The first kappa shape index (κ1) is 13.1. The van der Waals surface area contributed by atoms with E-state index in [4.69, 9.17) is 5.11 Å². The van der Waals surface area contributed by atoms with E-state index >= 15 is 0 Å². The molecular weight excluding hydrogens is 228 g/mol. The van der Waals surface area contributed by atoms with Gasteiger partial charge in [-0.05, 0) is 50.0 Å². The van der Waals surface area contributed by atoms with Crippen LogP contribution in [0.2, 0.25) is 0 Å². The predicted octanol–water partition coefficient (Wildman–Crippen LogP) is 1.26. The van der Waals surface area contributed by atoms with E-state index in [1.807, 2.05) is 24.3 Å². The predicted molar refractivity (Wildman–Crippen MR) is 71.5 cm³/mol. The minimum Gasteiger partial charge on any atom is -0.396 e. The Morgan fingerprint density at radius 1 is 1.22 bits per heavy atom. The van der Waals surface area contributed by atoms with E-state index < -0.39 is 0 Å². The smallest absolute Gasteiger partial charge is 0.238 e. The van der Waals surface area contributed by atoms with Crippen molar-refractivity contribution in [2.24, 2.45) is 0 Å². The summed E-state index contributed by atoms with van der Waals surface area (Å²) in [6, 6.07) is 7.63. The highest BCUT2D eigenvalue weighted by atomic mass is 16.2. The second-order valence-electron chi connectivity index (χ2n) is 4.70. The summed E-state index contributed by atoms with van der Waals surface area (Å²) >= 11 is 0. The summed E-state index contributed by atoms with van der Waals surface area (Å²) in [6.07, 6.45) is 3.05. The molecule has 1 aliphatic rings. The van der Waals surface area contributed by atoms with Crippen LogP contribution in [0.5, 0.6) is 0 Å². The fourth-order valence-corrected chi connectivity index (χ4v) is 2.23. The number of carbonyl (C=O) groups excluding carboxylic acids is 1. The number of aliphatic hydroxyl groups is 1. The van der Waals surface area contributed by atoms with E-state index in [2.05, 4.69) is 10.2 Å². The largest absolute Gasteiger partial charge is 0.396 e. The molecule has 0 aliphatic carbocycles. The lowest BCUT2D eigenvalue weighted by Crippen LogP contribution is -2.30. The molecule has 0 unspecified atom stereocenters. The maximum atomic E-state index is 11.8. The van der Waals surface area contributed by atoms with Crippen molar-refractivity contribution in [3.8, 4) is 0 Å². The lowest BCUT2D eigenvalue weighted by molar-refractivity contribution is -0.117. The summed E-state index contributed by atoms with van der Waals surface area (Å²) in [4.78, 5) is 14.0. The zero-order valence-electron chi connectivity index (χ0n) is 10.6. The molecule has 0 spiro atoms. The van der Waals surface area contributed by atoms with Crippen LogP contribution in [0.25, 0.3) is 0 Å². The Kier molecular flexibility index (Phi) is 4.73. The van der Waals surface area contributed by atoms with Gasteiger partial charge in [0.05, 0.1) is 6.54 Å². The van der Waals surface area contributed by atoms with Crippen LogP contribution < -0.4 is 5.32 Å². The molecular formula is C14H20N2O2. The minimum absolute atomic E-state index is 0.0480. The highest BCUT2D eigenvalue weighted by Crippen LogP contribution is 2.11. The molecule has 1 fully saturated rings. The topological polar surface area (TPSA) is 52.6 Å². The zero-order chi connectivity index (χ0) is 12.8. The van der Waals surface area contributed by atoms with E-state index in [0.717, 1.165) is 24.3 Å². The number of rotatable bonds is 5. The molecule has 1 aromatic rings. The lowest BCUT2D eigenvalue weighted by atomic mass is 10.1. The number of hydrogen-bond donors (Lipinski definition) is 2. The molecule has 98 valence electrons. The zero-order valence-corrected chi connectivity index (χ0v) is 10.6. The molecule has 1 amide bonds. The summed E-state index contributed by atoms with van der Waals surface area (Å²) in [5.41, 5.74) is 1.90. The maximum Gasteiger partial charge on any atom is 0.238 e. The molecule has 1 saturated heterocycles. The Morgan fingerprint density at radius 3 is 2.50 bits per heavy atom. The van der Waals surface area contributed by atoms with Gasteiger partial charge in [0.25, 0.3) is 0 Å². The van der Waals surface area contributed by atoms with Gasteiger partial charge in [-0.15, -0.1) is 0 Å². The number of amides is 1. The van der Waals surface area contributed by atoms with Gasteiger partial charge in [0.1, 0.15) is 0 Å². The third kappa shape index (κ3) is 3.82. The highest BCUT2D eigenvalue weighted by molar-refractivity contribution is 5.92. The molecule has 1 heterocycles. The number of nitrogens with one attached hydrogen (secondary N) is 1. The van der Waals surface area contributed by atoms with Crippen molar-refractivity contribution >= 4 is 11.6 Å². The van der Waals surface area contributed by atoms with Crippen molar-refractivity contribution in [2.45, 2.75) is 19.3 Å². The van der Waals surface area contributed by atoms with Crippen molar-refractivity contribution in [3.63, 3.8) is 0 Å². The fraction of sp³-hybridized carbons (Fsp3) is 0.500. The van der Waals surface area contributed by atoms with Gasteiger partial charge < -0.3 is 10.4 Å². The molecule has 4 heteroatoms. The first-order valence-electron chi connectivity index (χ1n) is 6.50. The number of nitrogens with zero attached hydrogens (tertiary/aromatic N) is 1. The maximum absolute atomic E-state index is 11.8. The normalized spacial score (nSPS) is 15.8. The number of aliphatic hydroxyl groups excluding tert-OH is 1. The van der Waals surface area contributed by atoms with Crippen LogP contribution >= 0.6 is 0 Å². The molecule has 0 atom stereocenters. The Balaban J connectivity index is 1.82. The van der Waals surface area contributed by atoms with Crippen molar-refractivity contribution in [2.75, 3.05) is 31.6 Å². The van der Waals surface area contributed by atoms with Crippen LogP contribution in [0, 0.1) is 0 Å². The van der Waals surface area contributed by atoms with E-state index in [1.54, 1.807) is 0 Å². The summed E-state index contributed by atoms with van der Waals surface area (Å²) in [7, 11) is 0. The first-order valence-corrected chi connectivity index (χ1v) is 6.50. The van der Waals surface area contributed by atoms with Gasteiger partial charge in [0, 0.05) is 12.3 Å². The molecule has 0 radical (unpaired) electrons. The number of hydrogen-bond acceptors (Lipinski definition) is 3. The molecule has 2 rings (SSSR count). The van der Waals surface area contributed by atoms with E-state index in [-0.39, 0.29) is 12.5 Å². The standard InChI is InChI=1S/C14H20N2O2/c17-10-7-12-3-5-13(6-4-12)15-14(18)11-16-8-1-2-9-16/h3-6,17H,1-2,7-11H2,(H,15,18). The molecule has 0 saturated carbocycles. The van der Waals surface area contributed by atoms with Crippen LogP contribution in [-0.2, 0) is 11.2 Å². The van der Waals surface area contributed by atoms with Crippen molar-refractivity contribution in [1.82, 2.24) is 4.90 Å². The molecule has 1 aromatic carbocycles. The van der Waals surface area contributed by atoms with Gasteiger partial charge in [-0.1, -0.05) is 12.1 Å². The molecule has 1 aliphatic heterocycles. The van der Waals surface area contributed by atoms with E-state index in [9.17, 15) is 4.79 Å². The second kappa shape index (κ2) is 6.52. The van der Waals surface area contributed by atoms with Gasteiger partial charge in [0.2, 0.25) is 5.91 Å². The Morgan fingerprint density at radius 2 is 1.89 bits per heavy atom. The van der Waals surface area contributed by atoms with E-state index in [0.29, 0.717) is 13.0 Å². The summed E-state index contributed by atoms with van der Waals surface area (Å²) in [5.74, 6) is 0.0480. The fourth-order valence-electron chi connectivity index (χ4n) is 2.23. The van der Waals surface area contributed by atoms with Crippen LogP contribution in [-0.4, -0.2) is 42.2 Å². The van der Waals surface area contributed by atoms with Gasteiger partial charge in [-0.2, -0.15) is 0 Å². The molecule has 0 aromatic heterocycles. The minimum atomic E-state index is 0.0480. The van der Waals surface area contributed by atoms with Crippen LogP contribution in [0.15, 0.2) is 24.3 Å². The number of benzene rings is 1. The van der Waals surface area contributed by atoms with Gasteiger partial charge in [-0.3, -0.25) is 9.69 Å². The molecule has 4 nitrogen and oxygen atoms in total. The average molecular weight is 248 g/mol. The van der Waals surface area contributed by atoms with Gasteiger partial charge in [0.15, 0.2) is 0 Å². The number of likely N-dealkylation sites (tertiary alicyclic amines) is 1. The third-order valence-electron chi connectivity index (χ3n) is 3.20. The van der Waals surface area contributed by atoms with Crippen molar-refractivity contribution in [1.29, 1.82) is 0 Å². The van der Waals surface area contributed by atoms with Crippen LogP contribution in [0.3, 0.4) is 0 Å². The molecule has 18 heavy (non-hydrogen) atoms. The average Bonchev–Trinajstić information content (AvgIpc) is 2.84. The number of carbonyl (C=O) groups is 1.